The van der Waals surface area contributed by atoms with Gasteiger partial charge in [-0.1, -0.05) is 0 Å². The second kappa shape index (κ2) is 6.77. The third kappa shape index (κ3) is 4.23. The zero-order chi connectivity index (χ0) is 17.3. The molecule has 2 fully saturated rings. The molecule has 2 aliphatic rings. The van der Waals surface area contributed by atoms with Gasteiger partial charge in [0.15, 0.2) is 5.92 Å². The van der Waals surface area contributed by atoms with E-state index in [1.165, 1.54) is 0 Å². The standard InChI is InChI=1S/C17H30N2O4/c1-6-22-14(20)13(15(21)23-16(2,3)4)17(7-8-17)19-11-9-18(5)10-12-19/h13H,6-12H2,1-5H3. The van der Waals surface area contributed by atoms with Crippen molar-refractivity contribution in [2.24, 2.45) is 5.92 Å². The predicted octanol–water partition coefficient (Wildman–Crippen LogP) is 1.29. The molecule has 0 aromatic rings. The Bertz CT molecular complexity index is 446. The monoisotopic (exact) mass is 326 g/mol. The van der Waals surface area contributed by atoms with Crippen LogP contribution in [0.2, 0.25) is 0 Å². The molecule has 0 bridgehead atoms. The van der Waals surface area contributed by atoms with Crippen molar-refractivity contribution in [2.75, 3.05) is 39.8 Å². The van der Waals surface area contributed by atoms with E-state index in [1.54, 1.807) is 6.92 Å². The van der Waals surface area contributed by atoms with E-state index >= 15 is 0 Å². The number of esters is 2. The summed E-state index contributed by atoms with van der Waals surface area (Å²) in [4.78, 5) is 29.8. The highest BCUT2D eigenvalue weighted by Gasteiger charge is 2.61. The average molecular weight is 326 g/mol. The minimum atomic E-state index is -0.843. The van der Waals surface area contributed by atoms with Gasteiger partial charge >= 0.3 is 11.9 Å². The third-order valence-electron chi connectivity index (χ3n) is 4.60. The van der Waals surface area contributed by atoms with Crippen LogP contribution in [0.4, 0.5) is 0 Å². The van der Waals surface area contributed by atoms with E-state index in [1.807, 2.05) is 20.8 Å². The molecule has 1 heterocycles. The Labute approximate surface area is 139 Å². The maximum atomic E-state index is 12.7. The molecule has 0 aromatic heterocycles. The summed E-state index contributed by atoms with van der Waals surface area (Å²) in [5.74, 6) is -1.74. The van der Waals surface area contributed by atoms with Crippen molar-refractivity contribution in [2.45, 2.75) is 51.7 Å². The number of hydrogen-bond donors (Lipinski definition) is 0. The first-order valence-electron chi connectivity index (χ1n) is 8.53. The fraction of sp³-hybridized carbons (Fsp3) is 0.882. The van der Waals surface area contributed by atoms with Crippen LogP contribution in [0.3, 0.4) is 0 Å². The van der Waals surface area contributed by atoms with Crippen molar-refractivity contribution in [3.63, 3.8) is 0 Å². The van der Waals surface area contributed by atoms with E-state index < -0.39 is 29.0 Å². The second-order valence-corrected chi connectivity index (χ2v) is 7.61. The van der Waals surface area contributed by atoms with Gasteiger partial charge in [0.05, 0.1) is 6.61 Å². The fourth-order valence-electron chi connectivity index (χ4n) is 3.29. The van der Waals surface area contributed by atoms with Crippen LogP contribution >= 0.6 is 0 Å². The summed E-state index contributed by atoms with van der Waals surface area (Å²) in [5.41, 5.74) is -1.02. The topological polar surface area (TPSA) is 59.1 Å². The van der Waals surface area contributed by atoms with Crippen molar-refractivity contribution in [3.05, 3.63) is 0 Å². The molecule has 1 aliphatic heterocycles. The van der Waals surface area contributed by atoms with Gasteiger partial charge in [-0.3, -0.25) is 14.5 Å². The lowest BCUT2D eigenvalue weighted by Gasteiger charge is -2.41. The maximum absolute atomic E-state index is 12.7. The molecule has 1 saturated carbocycles. The van der Waals surface area contributed by atoms with E-state index in [9.17, 15) is 9.59 Å². The molecule has 1 atom stereocenters. The summed E-state index contributed by atoms with van der Waals surface area (Å²) in [6.07, 6.45) is 1.69. The summed E-state index contributed by atoms with van der Waals surface area (Å²) in [6, 6.07) is 0. The van der Waals surface area contributed by atoms with Crippen LogP contribution in [0.1, 0.15) is 40.5 Å². The molecular weight excluding hydrogens is 296 g/mol. The molecule has 6 nitrogen and oxygen atoms in total. The molecule has 0 aromatic carbocycles. The van der Waals surface area contributed by atoms with Gasteiger partial charge in [-0.05, 0) is 47.6 Å². The van der Waals surface area contributed by atoms with Crippen LogP contribution in [-0.2, 0) is 19.1 Å². The van der Waals surface area contributed by atoms with Gasteiger partial charge in [0.1, 0.15) is 5.60 Å². The number of carbonyl (C=O) groups excluding carboxylic acids is 2. The Morgan fingerprint density at radius 3 is 2.09 bits per heavy atom. The van der Waals surface area contributed by atoms with Crippen LogP contribution in [0, 0.1) is 5.92 Å². The molecule has 0 spiro atoms. The minimum Gasteiger partial charge on any atom is -0.465 e. The number of piperazine rings is 1. The molecule has 0 N–H and O–H groups in total. The summed E-state index contributed by atoms with van der Waals surface area (Å²) in [5, 5.41) is 0. The van der Waals surface area contributed by atoms with Crippen LogP contribution in [-0.4, -0.2) is 72.7 Å². The van der Waals surface area contributed by atoms with E-state index in [2.05, 4.69) is 16.8 Å². The minimum absolute atomic E-state index is 0.275. The van der Waals surface area contributed by atoms with Gasteiger partial charge in [0, 0.05) is 31.7 Å². The Morgan fingerprint density at radius 1 is 1.09 bits per heavy atom. The van der Waals surface area contributed by atoms with E-state index in [0.29, 0.717) is 0 Å². The molecule has 1 unspecified atom stereocenters. The van der Waals surface area contributed by atoms with Crippen LogP contribution < -0.4 is 0 Å². The second-order valence-electron chi connectivity index (χ2n) is 7.61. The van der Waals surface area contributed by atoms with E-state index in [-0.39, 0.29) is 6.61 Å². The largest absolute Gasteiger partial charge is 0.465 e. The van der Waals surface area contributed by atoms with Crippen molar-refractivity contribution >= 4 is 11.9 Å². The summed E-state index contributed by atoms with van der Waals surface area (Å²) in [7, 11) is 2.09. The summed E-state index contributed by atoms with van der Waals surface area (Å²) in [6.45, 7) is 11.1. The molecule has 132 valence electrons. The normalized spacial score (nSPS) is 23.2. The maximum Gasteiger partial charge on any atom is 0.322 e. The average Bonchev–Trinajstić information content (AvgIpc) is 3.19. The molecule has 2 rings (SSSR count). The first-order chi connectivity index (χ1) is 10.7. The van der Waals surface area contributed by atoms with Crippen LogP contribution in [0.25, 0.3) is 0 Å². The first-order valence-corrected chi connectivity index (χ1v) is 8.53. The van der Waals surface area contributed by atoms with Gasteiger partial charge in [0.25, 0.3) is 0 Å². The third-order valence-corrected chi connectivity index (χ3v) is 4.60. The number of carbonyl (C=O) groups is 2. The number of rotatable bonds is 5. The van der Waals surface area contributed by atoms with Gasteiger partial charge in [-0.25, -0.2) is 0 Å². The Morgan fingerprint density at radius 2 is 1.65 bits per heavy atom. The van der Waals surface area contributed by atoms with Crippen LogP contribution in [0.5, 0.6) is 0 Å². The van der Waals surface area contributed by atoms with Gasteiger partial charge in [-0.2, -0.15) is 0 Å². The lowest BCUT2D eigenvalue weighted by Crippen LogP contribution is -2.56. The lowest BCUT2D eigenvalue weighted by atomic mass is 9.94. The number of likely N-dealkylation sites (N-methyl/N-ethyl adjacent to an activating group) is 1. The Balaban J connectivity index is 2.19. The molecular formula is C17H30N2O4. The molecule has 0 radical (unpaired) electrons. The van der Waals surface area contributed by atoms with Crippen LogP contribution in [0.15, 0.2) is 0 Å². The Kier molecular flexibility index (Phi) is 5.36. The quantitative estimate of drug-likeness (QED) is 0.560. The number of ether oxygens (including phenoxy) is 2. The van der Waals surface area contributed by atoms with Gasteiger partial charge < -0.3 is 14.4 Å². The van der Waals surface area contributed by atoms with Gasteiger partial charge in [0.2, 0.25) is 0 Å². The molecule has 1 aliphatic carbocycles. The number of nitrogens with zero attached hydrogens (tertiary/aromatic N) is 2. The molecule has 6 heteroatoms. The fourth-order valence-corrected chi connectivity index (χ4v) is 3.29. The van der Waals surface area contributed by atoms with Crippen molar-refractivity contribution in [1.82, 2.24) is 9.80 Å². The Hall–Kier alpha value is -1.14. The van der Waals surface area contributed by atoms with Crippen molar-refractivity contribution in [3.8, 4) is 0 Å². The molecule has 0 amide bonds. The van der Waals surface area contributed by atoms with E-state index in [0.717, 1.165) is 39.0 Å². The highest BCUT2D eigenvalue weighted by molar-refractivity contribution is 5.97. The molecule has 1 saturated heterocycles. The molecule has 23 heavy (non-hydrogen) atoms. The van der Waals surface area contributed by atoms with E-state index in [4.69, 9.17) is 9.47 Å². The zero-order valence-corrected chi connectivity index (χ0v) is 15.1. The zero-order valence-electron chi connectivity index (χ0n) is 15.1. The van der Waals surface area contributed by atoms with Crippen molar-refractivity contribution in [1.29, 1.82) is 0 Å². The SMILES string of the molecule is CCOC(=O)C(C(=O)OC(C)(C)C)C1(N2CCN(C)CC2)CC1. The number of hydrogen-bond acceptors (Lipinski definition) is 6. The van der Waals surface area contributed by atoms with Gasteiger partial charge in [-0.15, -0.1) is 0 Å². The van der Waals surface area contributed by atoms with Crippen molar-refractivity contribution < 1.29 is 19.1 Å². The highest BCUT2D eigenvalue weighted by Crippen LogP contribution is 2.49. The predicted molar refractivity (Wildman–Crippen MR) is 87.0 cm³/mol. The lowest BCUT2D eigenvalue weighted by molar-refractivity contribution is -0.174. The first kappa shape index (κ1) is 18.2. The smallest absolute Gasteiger partial charge is 0.322 e. The highest BCUT2D eigenvalue weighted by atomic mass is 16.6. The summed E-state index contributed by atoms with van der Waals surface area (Å²) >= 11 is 0. The summed E-state index contributed by atoms with van der Waals surface area (Å²) < 4.78 is 10.7.